The zero-order valence-corrected chi connectivity index (χ0v) is 7.73. The lowest BCUT2D eigenvalue weighted by molar-refractivity contribution is -0.258. The summed E-state index contributed by atoms with van der Waals surface area (Å²) in [6, 6.07) is 0. The minimum atomic E-state index is -0.673. The lowest BCUT2D eigenvalue weighted by Crippen LogP contribution is -2.11. The quantitative estimate of drug-likeness (QED) is 0.402. The van der Waals surface area contributed by atoms with E-state index < -0.39 is 11.9 Å². The van der Waals surface area contributed by atoms with Gasteiger partial charge in [-0.25, -0.2) is 19.4 Å². The summed E-state index contributed by atoms with van der Waals surface area (Å²) in [5.41, 5.74) is 0. The van der Waals surface area contributed by atoms with Gasteiger partial charge in [0, 0.05) is 11.8 Å². The molecular formula is C6H8Cl2O4. The van der Waals surface area contributed by atoms with E-state index in [1.807, 2.05) is 0 Å². The van der Waals surface area contributed by atoms with Crippen LogP contribution in [0.1, 0.15) is 12.8 Å². The summed E-state index contributed by atoms with van der Waals surface area (Å²) in [5.74, 6) is -1.08. The molecule has 0 bridgehead atoms. The van der Waals surface area contributed by atoms with Crippen LogP contribution in [0, 0.1) is 0 Å². The fourth-order valence-electron chi connectivity index (χ4n) is 0.331. The molecule has 0 saturated heterocycles. The minimum Gasteiger partial charge on any atom is -0.247 e. The molecule has 70 valence electrons. The summed E-state index contributed by atoms with van der Waals surface area (Å²) in [6.07, 6.45) is 0.0193. The Labute approximate surface area is 79.6 Å². The first-order chi connectivity index (χ1) is 5.70. The molecule has 0 spiro atoms. The summed E-state index contributed by atoms with van der Waals surface area (Å²) in [5, 5.41) is 0. The van der Waals surface area contributed by atoms with Crippen molar-refractivity contribution in [2.24, 2.45) is 0 Å². The molecule has 0 unspecified atom stereocenters. The Bertz CT molecular complexity index is 142. The zero-order chi connectivity index (χ0) is 9.40. The number of hydrogen-bond acceptors (Lipinski definition) is 4. The summed E-state index contributed by atoms with van der Waals surface area (Å²) in [4.78, 5) is 29.2. The Morgan fingerprint density at radius 1 is 0.917 bits per heavy atom. The first-order valence-corrected chi connectivity index (χ1v) is 4.29. The topological polar surface area (TPSA) is 52.6 Å². The first kappa shape index (κ1) is 11.5. The van der Waals surface area contributed by atoms with Crippen molar-refractivity contribution in [1.82, 2.24) is 0 Å². The van der Waals surface area contributed by atoms with Gasteiger partial charge in [-0.3, -0.25) is 0 Å². The molecule has 0 saturated carbocycles. The number of alkyl halides is 2. The van der Waals surface area contributed by atoms with Crippen molar-refractivity contribution < 1.29 is 19.4 Å². The molecule has 0 atom stereocenters. The van der Waals surface area contributed by atoms with Crippen molar-refractivity contribution >= 4 is 35.1 Å². The molecule has 0 aliphatic rings. The van der Waals surface area contributed by atoms with Crippen LogP contribution in [0.25, 0.3) is 0 Å². The summed E-state index contributed by atoms with van der Waals surface area (Å²) >= 11 is 10.4. The van der Waals surface area contributed by atoms with Crippen molar-refractivity contribution in [1.29, 1.82) is 0 Å². The van der Waals surface area contributed by atoms with E-state index in [4.69, 9.17) is 23.2 Å². The number of hydrogen-bond donors (Lipinski definition) is 0. The van der Waals surface area contributed by atoms with Crippen LogP contribution in [0.15, 0.2) is 0 Å². The maximum Gasteiger partial charge on any atom is 0.356 e. The van der Waals surface area contributed by atoms with E-state index in [0.29, 0.717) is 0 Å². The highest BCUT2D eigenvalue weighted by Gasteiger charge is 2.07. The summed E-state index contributed by atoms with van der Waals surface area (Å²) in [7, 11) is 0. The molecule has 0 fully saturated rings. The van der Waals surface area contributed by atoms with Crippen LogP contribution in [0.3, 0.4) is 0 Å². The lowest BCUT2D eigenvalue weighted by Gasteiger charge is -1.99. The lowest BCUT2D eigenvalue weighted by atomic mass is 10.5. The van der Waals surface area contributed by atoms with Crippen LogP contribution < -0.4 is 0 Å². The maximum absolute atomic E-state index is 10.5. The Kier molecular flexibility index (Phi) is 6.90. The van der Waals surface area contributed by atoms with Gasteiger partial charge < -0.3 is 0 Å². The van der Waals surface area contributed by atoms with Gasteiger partial charge in [0.1, 0.15) is 0 Å². The van der Waals surface area contributed by atoms with E-state index in [-0.39, 0.29) is 24.6 Å². The Morgan fingerprint density at radius 2 is 1.25 bits per heavy atom. The number of rotatable bonds is 4. The molecule has 0 aromatic heterocycles. The van der Waals surface area contributed by atoms with Gasteiger partial charge in [0.2, 0.25) is 0 Å². The molecule has 0 rings (SSSR count). The van der Waals surface area contributed by atoms with Crippen LogP contribution in [0.5, 0.6) is 0 Å². The third-order valence-corrected chi connectivity index (χ3v) is 1.20. The standard InChI is InChI=1S/C6H8Cl2O4/c7-3-1-5(9)11-12-6(10)2-4-8/h1-4H2. The molecule has 0 amide bonds. The molecule has 12 heavy (non-hydrogen) atoms. The van der Waals surface area contributed by atoms with Crippen molar-refractivity contribution in [2.75, 3.05) is 11.8 Å². The van der Waals surface area contributed by atoms with Crippen molar-refractivity contribution in [3.63, 3.8) is 0 Å². The third-order valence-electron chi connectivity index (χ3n) is 0.825. The van der Waals surface area contributed by atoms with E-state index >= 15 is 0 Å². The summed E-state index contributed by atoms with van der Waals surface area (Å²) < 4.78 is 0. The average Bonchev–Trinajstić information content (AvgIpc) is 2.02. The van der Waals surface area contributed by atoms with Crippen LogP contribution >= 0.6 is 23.2 Å². The van der Waals surface area contributed by atoms with Gasteiger partial charge in [-0.05, 0) is 0 Å². The molecule has 0 aromatic carbocycles. The van der Waals surface area contributed by atoms with E-state index in [0.717, 1.165) is 0 Å². The minimum absolute atomic E-state index is 0.00963. The molecule has 6 heteroatoms. The molecule has 0 radical (unpaired) electrons. The monoisotopic (exact) mass is 214 g/mol. The highest BCUT2D eigenvalue weighted by atomic mass is 35.5. The Morgan fingerprint density at radius 3 is 1.50 bits per heavy atom. The second-order valence-electron chi connectivity index (χ2n) is 1.79. The van der Waals surface area contributed by atoms with Gasteiger partial charge in [-0.15, -0.1) is 23.2 Å². The second-order valence-corrected chi connectivity index (χ2v) is 2.54. The predicted molar refractivity (Wildman–Crippen MR) is 42.9 cm³/mol. The van der Waals surface area contributed by atoms with Gasteiger partial charge in [-0.2, -0.15) is 0 Å². The summed E-state index contributed by atoms with van der Waals surface area (Å²) in [6.45, 7) is 0. The molecular weight excluding hydrogens is 207 g/mol. The van der Waals surface area contributed by atoms with Crippen LogP contribution in [0.2, 0.25) is 0 Å². The van der Waals surface area contributed by atoms with E-state index in [2.05, 4.69) is 9.78 Å². The maximum atomic E-state index is 10.5. The van der Waals surface area contributed by atoms with Crippen LogP contribution in [0.4, 0.5) is 0 Å². The first-order valence-electron chi connectivity index (χ1n) is 3.22. The van der Waals surface area contributed by atoms with E-state index in [1.54, 1.807) is 0 Å². The Hall–Kier alpha value is -0.480. The molecule has 0 aliphatic heterocycles. The highest BCUT2D eigenvalue weighted by Crippen LogP contribution is 1.94. The predicted octanol–water partition coefficient (Wildman–Crippen LogP) is 1.25. The number of carbonyl (C=O) groups is 2. The average molecular weight is 215 g/mol. The van der Waals surface area contributed by atoms with Crippen LogP contribution in [-0.4, -0.2) is 23.7 Å². The van der Waals surface area contributed by atoms with E-state index in [9.17, 15) is 9.59 Å². The fourth-order valence-corrected chi connectivity index (χ4v) is 0.639. The third kappa shape index (κ3) is 6.24. The van der Waals surface area contributed by atoms with Crippen molar-refractivity contribution in [3.8, 4) is 0 Å². The largest absolute Gasteiger partial charge is 0.356 e. The molecule has 4 nitrogen and oxygen atoms in total. The number of halogens is 2. The van der Waals surface area contributed by atoms with E-state index in [1.165, 1.54) is 0 Å². The van der Waals surface area contributed by atoms with Gasteiger partial charge >= 0.3 is 11.9 Å². The van der Waals surface area contributed by atoms with Gasteiger partial charge in [0.05, 0.1) is 12.8 Å². The smallest absolute Gasteiger partial charge is 0.247 e. The Balaban J connectivity index is 3.40. The van der Waals surface area contributed by atoms with Gasteiger partial charge in [-0.1, -0.05) is 0 Å². The van der Waals surface area contributed by atoms with Crippen molar-refractivity contribution in [3.05, 3.63) is 0 Å². The van der Waals surface area contributed by atoms with Gasteiger partial charge in [0.15, 0.2) is 0 Å². The molecule has 0 aliphatic carbocycles. The number of carbonyl (C=O) groups excluding carboxylic acids is 2. The van der Waals surface area contributed by atoms with Crippen LogP contribution in [-0.2, 0) is 19.4 Å². The zero-order valence-electron chi connectivity index (χ0n) is 6.22. The normalized spacial score (nSPS) is 9.17. The fraction of sp³-hybridized carbons (Fsp3) is 0.667. The molecule has 0 N–H and O–H groups in total. The van der Waals surface area contributed by atoms with Crippen molar-refractivity contribution in [2.45, 2.75) is 12.8 Å². The highest BCUT2D eigenvalue weighted by molar-refractivity contribution is 6.19. The molecule has 0 aromatic rings. The second kappa shape index (κ2) is 7.18. The molecule has 0 heterocycles. The SMILES string of the molecule is O=C(CCCl)OOC(=O)CCCl. The van der Waals surface area contributed by atoms with Gasteiger partial charge in [0.25, 0.3) is 0 Å².